The summed E-state index contributed by atoms with van der Waals surface area (Å²) in [6.07, 6.45) is 4.74. The Morgan fingerprint density at radius 1 is 1.19 bits per heavy atom. The summed E-state index contributed by atoms with van der Waals surface area (Å²) in [4.78, 5) is 28.1. The number of hydrogen-bond acceptors (Lipinski definition) is 5. The van der Waals surface area contributed by atoms with E-state index in [0.29, 0.717) is 37.0 Å². The Morgan fingerprint density at radius 3 is 2.35 bits per heavy atom. The SMILES string of the molecule is Cn1cc2c(N3CCC(N(C(=O)OC(C)(C)C)C4CC4)CC3)c(F)cc(C(=O)O)c2n1. The summed E-state index contributed by atoms with van der Waals surface area (Å²) in [5, 5.41) is 14.2. The van der Waals surface area contributed by atoms with Crippen LogP contribution in [0.1, 0.15) is 56.8 Å². The first-order valence-corrected chi connectivity index (χ1v) is 10.7. The van der Waals surface area contributed by atoms with Crippen LogP contribution in [0.25, 0.3) is 10.9 Å². The molecule has 168 valence electrons. The molecule has 2 aromatic rings. The van der Waals surface area contributed by atoms with E-state index < -0.39 is 17.4 Å². The Bertz CT molecular complexity index is 1020. The molecule has 1 N–H and O–H groups in total. The number of carbonyl (C=O) groups is 2. The van der Waals surface area contributed by atoms with Crippen LogP contribution in [0.15, 0.2) is 12.3 Å². The summed E-state index contributed by atoms with van der Waals surface area (Å²) in [6.45, 7) is 6.71. The molecule has 0 radical (unpaired) electrons. The maximum Gasteiger partial charge on any atom is 0.410 e. The number of aromatic nitrogens is 2. The summed E-state index contributed by atoms with van der Waals surface area (Å²) in [5.74, 6) is -1.77. The molecule has 2 heterocycles. The minimum absolute atomic E-state index is 0.0457. The van der Waals surface area contributed by atoms with E-state index in [4.69, 9.17) is 4.74 Å². The molecule has 1 aromatic heterocycles. The maximum absolute atomic E-state index is 15.0. The Kier molecular flexibility index (Phi) is 5.31. The number of carbonyl (C=O) groups excluding carboxylic acids is 1. The molecule has 4 rings (SSSR count). The molecule has 0 unspecified atom stereocenters. The quantitative estimate of drug-likeness (QED) is 0.791. The monoisotopic (exact) mass is 432 g/mol. The standard InChI is InChI=1S/C22H29FN4O4/c1-22(2,3)31-21(30)27(13-5-6-13)14-7-9-26(10-8-14)19-16-12-25(4)24-18(16)15(20(28)29)11-17(19)23/h11-14H,5-10H2,1-4H3,(H,28,29). The Labute approximate surface area is 180 Å². The van der Waals surface area contributed by atoms with Crippen molar-refractivity contribution in [3.05, 3.63) is 23.6 Å². The number of nitrogens with zero attached hydrogens (tertiary/aromatic N) is 4. The van der Waals surface area contributed by atoms with Crippen molar-refractivity contribution in [2.45, 2.75) is 64.1 Å². The van der Waals surface area contributed by atoms with Crippen LogP contribution >= 0.6 is 0 Å². The van der Waals surface area contributed by atoms with Gasteiger partial charge in [0, 0.05) is 43.8 Å². The summed E-state index contributed by atoms with van der Waals surface area (Å²) in [5.41, 5.74) is -0.0356. The summed E-state index contributed by atoms with van der Waals surface area (Å²) >= 11 is 0. The highest BCUT2D eigenvalue weighted by Crippen LogP contribution is 2.37. The molecule has 0 atom stereocenters. The van der Waals surface area contributed by atoms with Crippen molar-refractivity contribution < 1.29 is 23.8 Å². The number of carboxylic acid groups (broad SMARTS) is 1. The number of benzene rings is 1. The molecule has 1 aliphatic carbocycles. The Balaban J connectivity index is 1.56. The average molecular weight is 432 g/mol. The van der Waals surface area contributed by atoms with E-state index >= 15 is 4.39 Å². The van der Waals surface area contributed by atoms with E-state index in [9.17, 15) is 14.7 Å². The molecule has 2 fully saturated rings. The predicted octanol–water partition coefficient (Wildman–Crippen LogP) is 3.78. The number of halogens is 1. The normalized spacial score (nSPS) is 17.8. The molecule has 9 heteroatoms. The van der Waals surface area contributed by atoms with E-state index in [1.807, 2.05) is 30.6 Å². The second-order valence-electron chi connectivity index (χ2n) is 9.46. The molecule has 1 amide bonds. The summed E-state index contributed by atoms with van der Waals surface area (Å²) < 4.78 is 22.1. The molecule has 0 bridgehead atoms. The van der Waals surface area contributed by atoms with Gasteiger partial charge in [-0.05, 0) is 52.5 Å². The van der Waals surface area contributed by atoms with E-state index in [1.165, 1.54) is 4.68 Å². The number of hydrogen-bond donors (Lipinski definition) is 1. The highest BCUT2D eigenvalue weighted by atomic mass is 19.1. The lowest BCUT2D eigenvalue weighted by molar-refractivity contribution is 0.0113. The maximum atomic E-state index is 15.0. The third kappa shape index (κ3) is 4.31. The number of fused-ring (bicyclic) bond motifs is 1. The van der Waals surface area contributed by atoms with Crippen molar-refractivity contribution in [3.63, 3.8) is 0 Å². The topological polar surface area (TPSA) is 87.9 Å². The van der Waals surface area contributed by atoms with E-state index in [0.717, 1.165) is 18.9 Å². The highest BCUT2D eigenvalue weighted by Gasteiger charge is 2.41. The van der Waals surface area contributed by atoms with Gasteiger partial charge in [-0.2, -0.15) is 5.10 Å². The first kappa shape index (κ1) is 21.4. The lowest BCUT2D eigenvalue weighted by atomic mass is 10.0. The van der Waals surface area contributed by atoms with Gasteiger partial charge in [0.1, 0.15) is 16.9 Å². The first-order chi connectivity index (χ1) is 14.5. The van der Waals surface area contributed by atoms with E-state index in [2.05, 4.69) is 5.10 Å². The summed E-state index contributed by atoms with van der Waals surface area (Å²) in [6, 6.07) is 1.32. The van der Waals surface area contributed by atoms with Crippen LogP contribution in [-0.4, -0.2) is 62.6 Å². The fraction of sp³-hybridized carbons (Fsp3) is 0.591. The van der Waals surface area contributed by atoms with Crippen LogP contribution in [-0.2, 0) is 11.8 Å². The van der Waals surface area contributed by atoms with Crippen LogP contribution in [0.4, 0.5) is 14.9 Å². The molecule has 2 aliphatic rings. The Morgan fingerprint density at radius 2 is 1.81 bits per heavy atom. The van der Waals surface area contributed by atoms with Gasteiger partial charge in [-0.25, -0.2) is 14.0 Å². The number of piperidine rings is 1. The molecule has 31 heavy (non-hydrogen) atoms. The first-order valence-electron chi connectivity index (χ1n) is 10.7. The van der Waals surface area contributed by atoms with Gasteiger partial charge in [0.2, 0.25) is 0 Å². The van der Waals surface area contributed by atoms with Crippen LogP contribution in [0, 0.1) is 5.82 Å². The van der Waals surface area contributed by atoms with Crippen molar-refractivity contribution in [3.8, 4) is 0 Å². The van der Waals surface area contributed by atoms with Gasteiger partial charge in [0.05, 0.1) is 11.3 Å². The molecular formula is C22H29FN4O4. The smallest absolute Gasteiger partial charge is 0.410 e. The number of carboxylic acids is 1. The zero-order chi connectivity index (χ0) is 22.5. The molecular weight excluding hydrogens is 403 g/mol. The number of anilines is 1. The fourth-order valence-electron chi connectivity index (χ4n) is 4.37. The van der Waals surface area contributed by atoms with Gasteiger partial charge >= 0.3 is 12.1 Å². The van der Waals surface area contributed by atoms with Crippen LogP contribution in [0.5, 0.6) is 0 Å². The fourth-order valence-corrected chi connectivity index (χ4v) is 4.37. The van der Waals surface area contributed by atoms with Crippen molar-refractivity contribution >= 4 is 28.7 Å². The number of ether oxygens (including phenoxy) is 1. The average Bonchev–Trinajstić information content (AvgIpc) is 3.41. The minimum atomic E-state index is -1.20. The third-order valence-electron chi connectivity index (χ3n) is 5.79. The molecule has 8 nitrogen and oxygen atoms in total. The summed E-state index contributed by atoms with van der Waals surface area (Å²) in [7, 11) is 1.69. The molecule has 1 aromatic carbocycles. The minimum Gasteiger partial charge on any atom is -0.478 e. The largest absolute Gasteiger partial charge is 0.478 e. The number of aryl methyl sites for hydroxylation is 1. The van der Waals surface area contributed by atoms with Gasteiger partial charge in [-0.1, -0.05) is 0 Å². The van der Waals surface area contributed by atoms with Crippen molar-refractivity contribution in [1.82, 2.24) is 14.7 Å². The molecule has 1 aliphatic heterocycles. The lowest BCUT2D eigenvalue weighted by Gasteiger charge is -2.40. The van der Waals surface area contributed by atoms with Crippen molar-refractivity contribution in [2.24, 2.45) is 7.05 Å². The molecule has 1 saturated carbocycles. The van der Waals surface area contributed by atoms with E-state index in [-0.39, 0.29) is 29.3 Å². The van der Waals surface area contributed by atoms with Crippen molar-refractivity contribution in [1.29, 1.82) is 0 Å². The zero-order valence-electron chi connectivity index (χ0n) is 18.4. The lowest BCUT2D eigenvalue weighted by Crippen LogP contribution is -2.50. The second-order valence-corrected chi connectivity index (χ2v) is 9.46. The van der Waals surface area contributed by atoms with E-state index in [1.54, 1.807) is 13.2 Å². The second kappa shape index (κ2) is 7.69. The van der Waals surface area contributed by atoms with Gasteiger partial charge in [-0.15, -0.1) is 0 Å². The van der Waals surface area contributed by atoms with Gasteiger partial charge in [-0.3, -0.25) is 4.68 Å². The predicted molar refractivity (Wildman–Crippen MR) is 114 cm³/mol. The van der Waals surface area contributed by atoms with Crippen LogP contribution in [0.2, 0.25) is 0 Å². The van der Waals surface area contributed by atoms with Gasteiger partial charge < -0.3 is 19.6 Å². The number of rotatable bonds is 4. The van der Waals surface area contributed by atoms with Crippen molar-refractivity contribution in [2.75, 3.05) is 18.0 Å². The zero-order valence-corrected chi connectivity index (χ0v) is 18.4. The van der Waals surface area contributed by atoms with Gasteiger partial charge in [0.15, 0.2) is 0 Å². The number of aromatic carboxylic acids is 1. The highest BCUT2D eigenvalue weighted by molar-refractivity contribution is 6.06. The molecule has 0 spiro atoms. The van der Waals surface area contributed by atoms with Crippen LogP contribution in [0.3, 0.4) is 0 Å². The molecule has 1 saturated heterocycles. The van der Waals surface area contributed by atoms with Gasteiger partial charge in [0.25, 0.3) is 0 Å². The van der Waals surface area contributed by atoms with Crippen LogP contribution < -0.4 is 4.90 Å². The number of amides is 1. The third-order valence-corrected chi connectivity index (χ3v) is 5.79. The Hall–Kier alpha value is -2.84.